The summed E-state index contributed by atoms with van der Waals surface area (Å²) in [5, 5.41) is 3.00. The Hall–Kier alpha value is -1.35. The van der Waals surface area contributed by atoms with Gasteiger partial charge in [0.05, 0.1) is 0 Å². The monoisotopic (exact) mass is 261 g/mol. The third kappa shape index (κ3) is 4.35. The van der Waals surface area contributed by atoms with Crippen molar-refractivity contribution in [2.24, 2.45) is 5.92 Å². The molecule has 0 radical (unpaired) electrons. The van der Waals surface area contributed by atoms with Crippen molar-refractivity contribution in [2.75, 3.05) is 18.5 Å². The van der Waals surface area contributed by atoms with E-state index in [0.29, 0.717) is 13.2 Å². The van der Waals surface area contributed by atoms with Gasteiger partial charge in [-0.05, 0) is 43.4 Å². The molecule has 19 heavy (non-hydrogen) atoms. The maximum atomic E-state index is 12.1. The van der Waals surface area contributed by atoms with E-state index in [1.165, 1.54) is 18.4 Å². The lowest BCUT2D eigenvalue weighted by Crippen LogP contribution is -2.28. The number of hydrogen-bond donors (Lipinski definition) is 1. The van der Waals surface area contributed by atoms with Gasteiger partial charge in [0.2, 0.25) is 5.91 Å². The van der Waals surface area contributed by atoms with E-state index in [1.54, 1.807) is 0 Å². The molecule has 1 N–H and O–H groups in total. The second-order valence-corrected chi connectivity index (χ2v) is 5.18. The number of hydrogen-bond acceptors (Lipinski definition) is 2. The lowest BCUT2D eigenvalue weighted by Gasteiger charge is -2.21. The van der Waals surface area contributed by atoms with E-state index in [2.05, 4.69) is 24.4 Å². The van der Waals surface area contributed by atoms with Crippen LogP contribution in [-0.2, 0) is 16.0 Å². The summed E-state index contributed by atoms with van der Waals surface area (Å²) >= 11 is 0. The highest BCUT2D eigenvalue weighted by molar-refractivity contribution is 5.92. The molecule has 2 rings (SSSR count). The van der Waals surface area contributed by atoms with Crippen LogP contribution in [-0.4, -0.2) is 19.1 Å². The standard InChI is InChI=1S/C16H23NO2/c1-2-3-4-13-5-7-15(8-6-13)17-16(18)14-9-11-19-12-10-14/h5-8,14H,2-4,9-12H2,1H3,(H,17,18). The number of rotatable bonds is 5. The van der Waals surface area contributed by atoms with Crippen LogP contribution in [0.15, 0.2) is 24.3 Å². The second kappa shape index (κ2) is 7.29. The van der Waals surface area contributed by atoms with Crippen molar-refractivity contribution in [1.82, 2.24) is 0 Å². The molecule has 3 heteroatoms. The molecule has 0 atom stereocenters. The van der Waals surface area contributed by atoms with E-state index in [0.717, 1.165) is 24.9 Å². The minimum Gasteiger partial charge on any atom is -0.381 e. The van der Waals surface area contributed by atoms with E-state index in [9.17, 15) is 4.79 Å². The largest absolute Gasteiger partial charge is 0.381 e. The van der Waals surface area contributed by atoms with Crippen LogP contribution in [0.3, 0.4) is 0 Å². The Bertz CT molecular complexity index is 394. The predicted molar refractivity (Wildman–Crippen MR) is 77.2 cm³/mol. The summed E-state index contributed by atoms with van der Waals surface area (Å²) in [5.41, 5.74) is 2.24. The van der Waals surface area contributed by atoms with E-state index < -0.39 is 0 Å². The molecule has 1 amide bonds. The number of unbranched alkanes of at least 4 members (excludes halogenated alkanes) is 1. The molecule has 3 nitrogen and oxygen atoms in total. The second-order valence-electron chi connectivity index (χ2n) is 5.18. The summed E-state index contributed by atoms with van der Waals surface area (Å²) in [5.74, 6) is 0.234. The molecule has 1 aliphatic rings. The van der Waals surface area contributed by atoms with Crippen molar-refractivity contribution in [3.8, 4) is 0 Å². The number of carbonyl (C=O) groups excluding carboxylic acids is 1. The number of benzene rings is 1. The number of ether oxygens (including phenoxy) is 1. The maximum absolute atomic E-state index is 12.1. The summed E-state index contributed by atoms with van der Waals surface area (Å²) in [4.78, 5) is 12.1. The van der Waals surface area contributed by atoms with Gasteiger partial charge >= 0.3 is 0 Å². The summed E-state index contributed by atoms with van der Waals surface area (Å²) in [7, 11) is 0. The highest BCUT2D eigenvalue weighted by Gasteiger charge is 2.21. The number of carbonyl (C=O) groups is 1. The molecule has 0 saturated carbocycles. The molecule has 1 aliphatic heterocycles. The number of nitrogens with one attached hydrogen (secondary N) is 1. The Morgan fingerprint density at radius 1 is 1.26 bits per heavy atom. The minimum atomic E-state index is 0.105. The number of anilines is 1. The molecular weight excluding hydrogens is 238 g/mol. The van der Waals surface area contributed by atoms with Crippen LogP contribution in [0, 0.1) is 5.92 Å². The average molecular weight is 261 g/mol. The van der Waals surface area contributed by atoms with Crippen LogP contribution in [0.4, 0.5) is 5.69 Å². The molecule has 104 valence electrons. The molecule has 1 saturated heterocycles. The van der Waals surface area contributed by atoms with Crippen LogP contribution in [0.1, 0.15) is 38.2 Å². The van der Waals surface area contributed by atoms with E-state index in [-0.39, 0.29) is 11.8 Å². The molecule has 1 fully saturated rings. The van der Waals surface area contributed by atoms with E-state index in [4.69, 9.17) is 4.74 Å². The molecule has 0 unspecified atom stereocenters. The molecular formula is C16H23NO2. The van der Waals surface area contributed by atoms with Crippen molar-refractivity contribution in [2.45, 2.75) is 39.0 Å². The van der Waals surface area contributed by atoms with Gasteiger partial charge in [-0.1, -0.05) is 25.5 Å². The molecule has 0 bridgehead atoms. The fraction of sp³-hybridized carbons (Fsp3) is 0.562. The number of amides is 1. The first-order valence-corrected chi connectivity index (χ1v) is 7.27. The van der Waals surface area contributed by atoms with Crippen molar-refractivity contribution in [3.05, 3.63) is 29.8 Å². The third-order valence-electron chi connectivity index (χ3n) is 3.63. The molecule has 1 aromatic rings. The minimum absolute atomic E-state index is 0.105. The maximum Gasteiger partial charge on any atom is 0.227 e. The average Bonchev–Trinajstić information content (AvgIpc) is 2.47. The highest BCUT2D eigenvalue weighted by Crippen LogP contribution is 2.18. The summed E-state index contributed by atoms with van der Waals surface area (Å²) in [6, 6.07) is 8.22. The normalized spacial score (nSPS) is 16.3. The van der Waals surface area contributed by atoms with Gasteiger partial charge in [0.1, 0.15) is 0 Å². The smallest absolute Gasteiger partial charge is 0.227 e. The Morgan fingerprint density at radius 3 is 2.58 bits per heavy atom. The van der Waals surface area contributed by atoms with Gasteiger partial charge in [-0.3, -0.25) is 4.79 Å². The lowest BCUT2D eigenvalue weighted by atomic mass is 9.99. The molecule has 1 aromatic carbocycles. The fourth-order valence-corrected chi connectivity index (χ4v) is 2.34. The van der Waals surface area contributed by atoms with Gasteiger partial charge in [-0.25, -0.2) is 0 Å². The van der Waals surface area contributed by atoms with Gasteiger partial charge in [-0.15, -0.1) is 0 Å². The van der Waals surface area contributed by atoms with Crippen LogP contribution < -0.4 is 5.32 Å². The van der Waals surface area contributed by atoms with E-state index >= 15 is 0 Å². The Labute approximate surface area is 115 Å². The SMILES string of the molecule is CCCCc1ccc(NC(=O)C2CCOCC2)cc1. The summed E-state index contributed by atoms with van der Waals surface area (Å²) in [6.45, 7) is 3.60. The van der Waals surface area contributed by atoms with Crippen molar-refractivity contribution >= 4 is 11.6 Å². The van der Waals surface area contributed by atoms with Crippen LogP contribution in [0.25, 0.3) is 0 Å². The highest BCUT2D eigenvalue weighted by atomic mass is 16.5. The third-order valence-corrected chi connectivity index (χ3v) is 3.63. The van der Waals surface area contributed by atoms with Crippen LogP contribution in [0.5, 0.6) is 0 Å². The van der Waals surface area contributed by atoms with Gasteiger partial charge in [0.15, 0.2) is 0 Å². The van der Waals surface area contributed by atoms with Crippen molar-refractivity contribution < 1.29 is 9.53 Å². The quantitative estimate of drug-likeness (QED) is 0.882. The first kappa shape index (κ1) is 14.1. The van der Waals surface area contributed by atoms with Crippen molar-refractivity contribution in [1.29, 1.82) is 0 Å². The molecule has 1 heterocycles. The number of aryl methyl sites for hydroxylation is 1. The Balaban J connectivity index is 1.86. The first-order valence-electron chi connectivity index (χ1n) is 7.27. The molecule has 0 aromatic heterocycles. The zero-order valence-corrected chi connectivity index (χ0v) is 11.7. The fourth-order valence-electron chi connectivity index (χ4n) is 2.34. The van der Waals surface area contributed by atoms with Crippen LogP contribution in [0.2, 0.25) is 0 Å². The zero-order chi connectivity index (χ0) is 13.5. The van der Waals surface area contributed by atoms with E-state index in [1.807, 2.05) is 12.1 Å². The summed E-state index contributed by atoms with van der Waals surface area (Å²) < 4.78 is 5.27. The van der Waals surface area contributed by atoms with Gasteiger partial charge in [0, 0.05) is 24.8 Å². The van der Waals surface area contributed by atoms with Gasteiger partial charge < -0.3 is 10.1 Å². The Kier molecular flexibility index (Phi) is 5.40. The van der Waals surface area contributed by atoms with Crippen LogP contribution >= 0.6 is 0 Å². The zero-order valence-electron chi connectivity index (χ0n) is 11.7. The van der Waals surface area contributed by atoms with Crippen molar-refractivity contribution in [3.63, 3.8) is 0 Å². The summed E-state index contributed by atoms with van der Waals surface area (Å²) in [6.07, 6.45) is 5.21. The van der Waals surface area contributed by atoms with Gasteiger partial charge in [0.25, 0.3) is 0 Å². The molecule has 0 spiro atoms. The van der Waals surface area contributed by atoms with Gasteiger partial charge in [-0.2, -0.15) is 0 Å². The lowest BCUT2D eigenvalue weighted by molar-refractivity contribution is -0.122. The Morgan fingerprint density at radius 2 is 1.95 bits per heavy atom. The first-order chi connectivity index (χ1) is 9.29. The predicted octanol–water partition coefficient (Wildman–Crippen LogP) is 3.39. The topological polar surface area (TPSA) is 38.3 Å². The molecule has 0 aliphatic carbocycles.